The average Bonchev–Trinajstić information content (AvgIpc) is 3.39. The van der Waals surface area contributed by atoms with Gasteiger partial charge >= 0.3 is 0 Å². The molecule has 0 amide bonds. The lowest BCUT2D eigenvalue weighted by Gasteiger charge is -2.22. The van der Waals surface area contributed by atoms with E-state index in [0.717, 1.165) is 37.1 Å². The van der Waals surface area contributed by atoms with E-state index in [0.29, 0.717) is 18.4 Å². The van der Waals surface area contributed by atoms with E-state index in [1.54, 1.807) is 0 Å². The minimum Gasteiger partial charge on any atom is -0.395 e. The fraction of sp³-hybridized carbons (Fsp3) is 0.750. The normalized spacial score (nSPS) is 19.1. The van der Waals surface area contributed by atoms with Gasteiger partial charge in [-0.1, -0.05) is 0 Å². The van der Waals surface area contributed by atoms with Gasteiger partial charge in [0.1, 0.15) is 5.82 Å². The molecule has 0 atom stereocenters. The van der Waals surface area contributed by atoms with Gasteiger partial charge in [-0.25, -0.2) is 4.98 Å². The van der Waals surface area contributed by atoms with Gasteiger partial charge < -0.3 is 21.1 Å². The summed E-state index contributed by atoms with van der Waals surface area (Å²) in [5.74, 6) is 2.96. The maximum absolute atomic E-state index is 8.93. The van der Waals surface area contributed by atoms with Gasteiger partial charge in [-0.15, -0.1) is 0 Å². The fourth-order valence-corrected chi connectivity index (χ4v) is 2.97. The van der Waals surface area contributed by atoms with E-state index in [1.165, 1.54) is 32.1 Å². The van der Waals surface area contributed by atoms with Gasteiger partial charge in [0.05, 0.1) is 12.3 Å². The van der Waals surface area contributed by atoms with Gasteiger partial charge in [0.25, 0.3) is 0 Å². The molecule has 2 aliphatic rings. The Hall–Kier alpha value is -1.40. The van der Waals surface area contributed by atoms with Crippen LogP contribution in [0.1, 0.15) is 43.7 Å². The number of hydrogen-bond acceptors (Lipinski definition) is 6. The first kappa shape index (κ1) is 15.5. The van der Waals surface area contributed by atoms with E-state index in [2.05, 4.69) is 32.0 Å². The predicted molar refractivity (Wildman–Crippen MR) is 88.3 cm³/mol. The second-order valence-corrected chi connectivity index (χ2v) is 6.34. The van der Waals surface area contributed by atoms with Crippen molar-refractivity contribution in [1.29, 1.82) is 0 Å². The lowest BCUT2D eigenvalue weighted by Crippen LogP contribution is -2.28. The standard InChI is InChI=1S/C16H27N5O/c22-10-9-19-16-20-14(13-1-2-13)11-15(21-16)18-8-5-12-3-6-17-7-4-12/h11-13,17,22H,1-10H2,(H2,18,19,20,21). The smallest absolute Gasteiger partial charge is 0.224 e. The minimum atomic E-state index is 0.0928. The number of aliphatic hydroxyl groups excluding tert-OH is 1. The molecule has 1 saturated heterocycles. The number of piperidine rings is 1. The van der Waals surface area contributed by atoms with Crippen LogP contribution in [0.25, 0.3) is 0 Å². The molecule has 0 aromatic carbocycles. The van der Waals surface area contributed by atoms with Crippen LogP contribution in [0.4, 0.5) is 11.8 Å². The third kappa shape index (κ3) is 4.55. The zero-order chi connectivity index (χ0) is 15.2. The molecule has 0 radical (unpaired) electrons. The van der Waals surface area contributed by atoms with Crippen molar-refractivity contribution in [2.24, 2.45) is 5.92 Å². The number of nitrogens with one attached hydrogen (secondary N) is 3. The van der Waals surface area contributed by atoms with Crippen LogP contribution >= 0.6 is 0 Å². The number of nitrogens with zero attached hydrogens (tertiary/aromatic N) is 2. The number of aliphatic hydroxyl groups is 1. The minimum absolute atomic E-state index is 0.0928. The molecule has 1 saturated carbocycles. The average molecular weight is 305 g/mol. The Morgan fingerprint density at radius 3 is 2.64 bits per heavy atom. The molecular formula is C16H27N5O. The Balaban J connectivity index is 1.55. The molecule has 1 aromatic rings. The monoisotopic (exact) mass is 305 g/mol. The van der Waals surface area contributed by atoms with E-state index in [9.17, 15) is 0 Å². The summed E-state index contributed by atoms with van der Waals surface area (Å²) >= 11 is 0. The predicted octanol–water partition coefficient (Wildman–Crippen LogP) is 1.56. The maximum atomic E-state index is 8.93. The van der Waals surface area contributed by atoms with Gasteiger partial charge in [-0.05, 0) is 51.1 Å². The lowest BCUT2D eigenvalue weighted by atomic mass is 9.95. The maximum Gasteiger partial charge on any atom is 0.224 e. The molecule has 22 heavy (non-hydrogen) atoms. The number of rotatable bonds is 8. The zero-order valence-corrected chi connectivity index (χ0v) is 13.1. The summed E-state index contributed by atoms with van der Waals surface area (Å²) in [6.07, 6.45) is 6.21. The number of hydrogen-bond donors (Lipinski definition) is 4. The summed E-state index contributed by atoms with van der Waals surface area (Å²) in [5, 5.41) is 18.9. The molecule has 6 nitrogen and oxygen atoms in total. The van der Waals surface area contributed by atoms with Crippen LogP contribution < -0.4 is 16.0 Å². The van der Waals surface area contributed by atoms with Gasteiger partial charge in [-0.2, -0.15) is 4.98 Å². The second-order valence-electron chi connectivity index (χ2n) is 6.34. The van der Waals surface area contributed by atoms with Crippen LogP contribution in [-0.4, -0.2) is 47.9 Å². The summed E-state index contributed by atoms with van der Waals surface area (Å²) in [6.45, 7) is 3.85. The number of aromatic nitrogens is 2. The summed E-state index contributed by atoms with van der Waals surface area (Å²) in [5.41, 5.74) is 1.12. The largest absolute Gasteiger partial charge is 0.395 e. The van der Waals surface area contributed by atoms with Crippen molar-refractivity contribution in [1.82, 2.24) is 15.3 Å². The first-order chi connectivity index (χ1) is 10.8. The molecule has 122 valence electrons. The van der Waals surface area contributed by atoms with Crippen molar-refractivity contribution >= 4 is 11.8 Å². The van der Waals surface area contributed by atoms with Crippen molar-refractivity contribution in [3.63, 3.8) is 0 Å². The van der Waals surface area contributed by atoms with E-state index in [1.807, 2.05) is 0 Å². The summed E-state index contributed by atoms with van der Waals surface area (Å²) in [7, 11) is 0. The SMILES string of the molecule is OCCNc1nc(NCCC2CCNCC2)cc(C2CC2)n1. The quantitative estimate of drug-likeness (QED) is 0.583. The van der Waals surface area contributed by atoms with Crippen molar-refractivity contribution < 1.29 is 5.11 Å². The molecule has 2 heterocycles. The van der Waals surface area contributed by atoms with Crippen LogP contribution in [0.3, 0.4) is 0 Å². The van der Waals surface area contributed by atoms with Crippen LogP contribution in [-0.2, 0) is 0 Å². The Bertz CT molecular complexity index is 472. The highest BCUT2D eigenvalue weighted by molar-refractivity contribution is 5.44. The topological polar surface area (TPSA) is 82.1 Å². The lowest BCUT2D eigenvalue weighted by molar-refractivity contribution is 0.311. The van der Waals surface area contributed by atoms with Gasteiger partial charge in [0.15, 0.2) is 0 Å². The van der Waals surface area contributed by atoms with E-state index < -0.39 is 0 Å². The molecule has 3 rings (SSSR count). The second kappa shape index (κ2) is 7.74. The van der Waals surface area contributed by atoms with Gasteiger partial charge in [0, 0.05) is 25.1 Å². The van der Waals surface area contributed by atoms with Crippen molar-refractivity contribution in [3.05, 3.63) is 11.8 Å². The molecular weight excluding hydrogens is 278 g/mol. The molecule has 0 bridgehead atoms. The summed E-state index contributed by atoms with van der Waals surface area (Å²) in [4.78, 5) is 9.06. The Morgan fingerprint density at radius 2 is 1.91 bits per heavy atom. The van der Waals surface area contributed by atoms with Crippen molar-refractivity contribution in [3.8, 4) is 0 Å². The van der Waals surface area contributed by atoms with Gasteiger partial charge in [0.2, 0.25) is 5.95 Å². The fourth-order valence-electron chi connectivity index (χ4n) is 2.97. The molecule has 2 fully saturated rings. The van der Waals surface area contributed by atoms with Crippen LogP contribution in [0.2, 0.25) is 0 Å². The highest BCUT2D eigenvalue weighted by Gasteiger charge is 2.26. The first-order valence-electron chi connectivity index (χ1n) is 8.53. The van der Waals surface area contributed by atoms with Crippen LogP contribution in [0, 0.1) is 5.92 Å². The molecule has 1 aromatic heterocycles. The van der Waals surface area contributed by atoms with Gasteiger partial charge in [-0.3, -0.25) is 0 Å². The molecule has 4 N–H and O–H groups in total. The van der Waals surface area contributed by atoms with Crippen molar-refractivity contribution in [2.75, 3.05) is 43.4 Å². The van der Waals surface area contributed by atoms with Crippen molar-refractivity contribution in [2.45, 2.75) is 38.0 Å². The molecule has 6 heteroatoms. The third-order valence-electron chi connectivity index (χ3n) is 4.45. The molecule has 1 aliphatic carbocycles. The van der Waals surface area contributed by atoms with E-state index in [-0.39, 0.29) is 6.61 Å². The summed E-state index contributed by atoms with van der Waals surface area (Å²) in [6, 6.07) is 2.09. The molecule has 0 unspecified atom stereocenters. The molecule has 1 aliphatic heterocycles. The Labute approximate surface area is 132 Å². The van der Waals surface area contributed by atoms with E-state index >= 15 is 0 Å². The highest BCUT2D eigenvalue weighted by Crippen LogP contribution is 2.39. The van der Waals surface area contributed by atoms with Crippen LogP contribution in [0.15, 0.2) is 6.07 Å². The van der Waals surface area contributed by atoms with E-state index in [4.69, 9.17) is 5.11 Å². The third-order valence-corrected chi connectivity index (χ3v) is 4.45. The highest BCUT2D eigenvalue weighted by atomic mass is 16.3. The zero-order valence-electron chi connectivity index (χ0n) is 13.1. The Morgan fingerprint density at radius 1 is 1.09 bits per heavy atom. The Kier molecular flexibility index (Phi) is 5.45. The number of anilines is 2. The van der Waals surface area contributed by atoms with Crippen LogP contribution in [0.5, 0.6) is 0 Å². The summed E-state index contributed by atoms with van der Waals surface area (Å²) < 4.78 is 0. The first-order valence-corrected chi connectivity index (χ1v) is 8.53. The molecule has 0 spiro atoms.